The minimum Gasteiger partial charge on any atom is -0.481 e. The first-order valence-electron chi connectivity index (χ1n) is 6.73. The van der Waals surface area contributed by atoms with Crippen LogP contribution in [0.4, 0.5) is 5.69 Å². The third-order valence-corrected chi connectivity index (χ3v) is 5.42. The van der Waals surface area contributed by atoms with Gasteiger partial charge in [0.15, 0.2) is 12.4 Å². The van der Waals surface area contributed by atoms with Gasteiger partial charge in [0.1, 0.15) is 10.0 Å². The van der Waals surface area contributed by atoms with E-state index in [4.69, 9.17) is 62.7 Å². The lowest BCUT2D eigenvalue weighted by Gasteiger charge is -2.14. The van der Waals surface area contributed by atoms with E-state index in [1.807, 2.05) is 32.0 Å². The molecule has 0 saturated heterocycles. The SMILES string of the molecule is Cc1ccc(NC(=O)COc2c(Cl)c(Cl)c(Cl)c(Cl)c2Cl)c(C)c1. The van der Waals surface area contributed by atoms with Gasteiger partial charge in [-0.25, -0.2) is 0 Å². The van der Waals surface area contributed by atoms with Gasteiger partial charge in [-0.05, 0) is 25.5 Å². The van der Waals surface area contributed by atoms with Crippen molar-refractivity contribution in [3.8, 4) is 5.75 Å². The number of nitrogens with one attached hydrogen (secondary N) is 1. The molecule has 24 heavy (non-hydrogen) atoms. The number of benzene rings is 2. The molecule has 0 fully saturated rings. The van der Waals surface area contributed by atoms with Crippen molar-refractivity contribution < 1.29 is 9.53 Å². The third-order valence-electron chi connectivity index (χ3n) is 3.17. The number of hydrogen-bond donors (Lipinski definition) is 1. The number of halogens is 5. The fourth-order valence-corrected chi connectivity index (χ4v) is 3.22. The molecule has 0 aliphatic heterocycles. The zero-order chi connectivity index (χ0) is 18.0. The van der Waals surface area contributed by atoms with Gasteiger partial charge < -0.3 is 10.1 Å². The Balaban J connectivity index is 2.12. The molecular formula is C16H12Cl5NO2. The maximum atomic E-state index is 12.1. The van der Waals surface area contributed by atoms with Crippen molar-refractivity contribution in [2.45, 2.75) is 13.8 Å². The molecule has 0 aliphatic rings. The summed E-state index contributed by atoms with van der Waals surface area (Å²) >= 11 is 29.9. The number of rotatable bonds is 4. The van der Waals surface area contributed by atoms with Gasteiger partial charge in [-0.3, -0.25) is 4.79 Å². The van der Waals surface area contributed by atoms with Crippen LogP contribution in [0.25, 0.3) is 0 Å². The molecule has 2 rings (SSSR count). The molecule has 1 amide bonds. The van der Waals surface area contributed by atoms with Crippen LogP contribution < -0.4 is 10.1 Å². The summed E-state index contributed by atoms with van der Waals surface area (Å²) in [5, 5.41) is 2.79. The molecule has 0 spiro atoms. The van der Waals surface area contributed by atoms with Crippen LogP contribution in [0, 0.1) is 13.8 Å². The summed E-state index contributed by atoms with van der Waals surface area (Å²) in [6.07, 6.45) is 0. The van der Waals surface area contributed by atoms with Gasteiger partial charge in [-0.2, -0.15) is 0 Å². The van der Waals surface area contributed by atoms with Crippen LogP contribution in [0.1, 0.15) is 11.1 Å². The van der Waals surface area contributed by atoms with Gasteiger partial charge in [-0.15, -0.1) is 0 Å². The third kappa shape index (κ3) is 4.22. The van der Waals surface area contributed by atoms with E-state index in [0.717, 1.165) is 11.1 Å². The average molecular weight is 428 g/mol. The Morgan fingerprint density at radius 3 is 2.04 bits per heavy atom. The minimum atomic E-state index is -0.378. The molecule has 0 bridgehead atoms. The second-order valence-electron chi connectivity index (χ2n) is 5.05. The fourth-order valence-electron chi connectivity index (χ4n) is 1.99. The summed E-state index contributed by atoms with van der Waals surface area (Å²) in [4.78, 5) is 12.1. The molecule has 2 aromatic rings. The van der Waals surface area contributed by atoms with E-state index in [1.54, 1.807) is 0 Å². The molecule has 128 valence electrons. The van der Waals surface area contributed by atoms with Crippen LogP contribution in [-0.2, 0) is 4.79 Å². The number of carbonyl (C=O) groups excluding carboxylic acids is 1. The lowest BCUT2D eigenvalue weighted by Crippen LogP contribution is -2.21. The Labute approximate surface area is 164 Å². The van der Waals surface area contributed by atoms with Crippen molar-refractivity contribution in [3.63, 3.8) is 0 Å². The Morgan fingerprint density at radius 2 is 1.50 bits per heavy atom. The second-order valence-corrected chi connectivity index (χ2v) is 6.94. The lowest BCUT2D eigenvalue weighted by molar-refractivity contribution is -0.118. The smallest absolute Gasteiger partial charge is 0.262 e. The van der Waals surface area contributed by atoms with Crippen LogP contribution >= 0.6 is 58.0 Å². The Hall–Kier alpha value is -0.840. The van der Waals surface area contributed by atoms with Crippen molar-refractivity contribution in [2.75, 3.05) is 11.9 Å². The summed E-state index contributed by atoms with van der Waals surface area (Å²) in [5.74, 6) is -0.371. The number of anilines is 1. The van der Waals surface area contributed by atoms with E-state index in [2.05, 4.69) is 5.32 Å². The van der Waals surface area contributed by atoms with Gasteiger partial charge in [0.05, 0.1) is 15.1 Å². The number of hydrogen-bond acceptors (Lipinski definition) is 2. The van der Waals surface area contributed by atoms with Crippen LogP contribution in [0.15, 0.2) is 18.2 Å². The van der Waals surface area contributed by atoms with Crippen molar-refractivity contribution in [1.82, 2.24) is 0 Å². The van der Waals surface area contributed by atoms with Crippen LogP contribution in [0.3, 0.4) is 0 Å². The largest absolute Gasteiger partial charge is 0.481 e. The molecule has 0 saturated carbocycles. The summed E-state index contributed by atoms with van der Waals surface area (Å²) in [7, 11) is 0. The standard InChI is InChI=1S/C16H12Cl5NO2/c1-7-3-4-9(8(2)5-7)22-10(23)6-24-16-14(20)12(18)11(17)13(19)15(16)21/h3-5H,6H2,1-2H3,(H,22,23). The zero-order valence-electron chi connectivity index (χ0n) is 12.6. The highest BCUT2D eigenvalue weighted by Crippen LogP contribution is 2.48. The fraction of sp³-hybridized carbons (Fsp3) is 0.188. The van der Waals surface area contributed by atoms with E-state index >= 15 is 0 Å². The van der Waals surface area contributed by atoms with E-state index in [0.29, 0.717) is 5.69 Å². The van der Waals surface area contributed by atoms with Gasteiger partial charge >= 0.3 is 0 Å². The van der Waals surface area contributed by atoms with Crippen molar-refractivity contribution in [1.29, 1.82) is 0 Å². The number of aryl methyl sites for hydroxylation is 2. The van der Waals surface area contributed by atoms with Gasteiger partial charge in [0.2, 0.25) is 0 Å². The van der Waals surface area contributed by atoms with Crippen LogP contribution in [-0.4, -0.2) is 12.5 Å². The molecule has 2 aromatic carbocycles. The molecule has 1 N–H and O–H groups in total. The molecule has 0 aromatic heterocycles. The summed E-state index contributed by atoms with van der Waals surface area (Å²) < 4.78 is 5.38. The topological polar surface area (TPSA) is 38.3 Å². The maximum Gasteiger partial charge on any atom is 0.262 e. The summed E-state index contributed by atoms with van der Waals surface area (Å²) in [5.41, 5.74) is 2.74. The van der Waals surface area contributed by atoms with Gasteiger partial charge in [0, 0.05) is 5.69 Å². The maximum absolute atomic E-state index is 12.1. The molecule has 3 nitrogen and oxygen atoms in total. The predicted octanol–water partition coefficient (Wildman–Crippen LogP) is 6.59. The van der Waals surface area contributed by atoms with E-state index in [-0.39, 0.29) is 43.4 Å². The number of carbonyl (C=O) groups is 1. The van der Waals surface area contributed by atoms with Crippen LogP contribution in [0.5, 0.6) is 5.75 Å². The second kappa shape index (κ2) is 8.03. The molecule has 0 radical (unpaired) electrons. The van der Waals surface area contributed by atoms with Gasteiger partial charge in [-0.1, -0.05) is 75.7 Å². The average Bonchev–Trinajstić information content (AvgIpc) is 2.53. The molecule has 0 unspecified atom stereocenters. The Kier molecular flexibility index (Phi) is 6.52. The molecule has 0 aliphatic carbocycles. The van der Waals surface area contributed by atoms with Crippen molar-refractivity contribution in [2.24, 2.45) is 0 Å². The molecule has 8 heteroatoms. The van der Waals surface area contributed by atoms with E-state index in [1.165, 1.54) is 0 Å². The Bertz CT molecular complexity index is 779. The predicted molar refractivity (Wildman–Crippen MR) is 102 cm³/mol. The lowest BCUT2D eigenvalue weighted by atomic mass is 10.1. The first kappa shape index (κ1) is 19.5. The van der Waals surface area contributed by atoms with Gasteiger partial charge in [0.25, 0.3) is 5.91 Å². The molecular weight excluding hydrogens is 415 g/mol. The highest BCUT2D eigenvalue weighted by atomic mass is 35.5. The number of ether oxygens (including phenoxy) is 1. The first-order chi connectivity index (χ1) is 11.2. The highest BCUT2D eigenvalue weighted by molar-refractivity contribution is 6.55. The zero-order valence-corrected chi connectivity index (χ0v) is 16.4. The molecule has 0 heterocycles. The first-order valence-corrected chi connectivity index (χ1v) is 8.62. The minimum absolute atomic E-state index is 0.00427. The van der Waals surface area contributed by atoms with E-state index < -0.39 is 0 Å². The van der Waals surface area contributed by atoms with Crippen LogP contribution in [0.2, 0.25) is 25.1 Å². The number of amides is 1. The molecule has 0 atom stereocenters. The highest BCUT2D eigenvalue weighted by Gasteiger charge is 2.21. The van der Waals surface area contributed by atoms with E-state index in [9.17, 15) is 4.79 Å². The summed E-state index contributed by atoms with van der Waals surface area (Å²) in [6.45, 7) is 3.55. The van der Waals surface area contributed by atoms with Crippen molar-refractivity contribution in [3.05, 3.63) is 54.4 Å². The normalized spacial score (nSPS) is 10.6. The summed E-state index contributed by atoms with van der Waals surface area (Å²) in [6, 6.07) is 5.68. The monoisotopic (exact) mass is 425 g/mol. The van der Waals surface area contributed by atoms with Crippen molar-refractivity contribution >= 4 is 69.6 Å². The quantitative estimate of drug-likeness (QED) is 0.442. The Morgan fingerprint density at radius 1 is 0.958 bits per heavy atom.